The number of hydrogen-bond donors (Lipinski definition) is 0. The third-order valence-corrected chi connectivity index (χ3v) is 3.82. The summed E-state index contributed by atoms with van der Waals surface area (Å²) in [5.74, 6) is -0.362. The number of hydrogen-bond acceptors (Lipinski definition) is 3. The van der Waals surface area contributed by atoms with E-state index in [1.807, 2.05) is 33.8 Å². The van der Waals surface area contributed by atoms with Gasteiger partial charge in [0.1, 0.15) is 11.0 Å². The van der Waals surface area contributed by atoms with Gasteiger partial charge in [0.2, 0.25) is 0 Å². The van der Waals surface area contributed by atoms with Gasteiger partial charge in [-0.15, -0.1) is 0 Å². The van der Waals surface area contributed by atoms with Crippen molar-refractivity contribution in [2.75, 3.05) is 7.11 Å². The van der Waals surface area contributed by atoms with Crippen LogP contribution in [-0.4, -0.2) is 28.2 Å². The van der Waals surface area contributed by atoms with Crippen LogP contribution in [0, 0.1) is 6.92 Å². The van der Waals surface area contributed by atoms with Crippen molar-refractivity contribution in [3.63, 3.8) is 0 Å². The number of methoxy groups -OCH3 is 1. The monoisotopic (exact) mass is 281 g/mol. The molecule has 0 aliphatic carbocycles. The molecule has 104 valence electrons. The maximum absolute atomic E-state index is 11.8. The molecule has 5 heteroatoms. The van der Waals surface area contributed by atoms with Crippen LogP contribution in [0.1, 0.15) is 42.3 Å². The molecule has 0 amide bonds. The molecule has 0 N–H and O–H groups in total. The van der Waals surface area contributed by atoms with Gasteiger partial charge in [-0.2, -0.15) is 4.40 Å². The molecule has 19 heavy (non-hydrogen) atoms. The number of carbonyl (C=O) groups is 1. The van der Waals surface area contributed by atoms with Crippen molar-refractivity contribution in [2.24, 2.45) is 4.40 Å². The molecule has 1 rings (SSSR count). The summed E-state index contributed by atoms with van der Waals surface area (Å²) in [6, 6.07) is 5.25. The summed E-state index contributed by atoms with van der Waals surface area (Å²) in [7, 11) is 0.0685. The fourth-order valence-electron chi connectivity index (χ4n) is 1.37. The molecule has 0 saturated heterocycles. The van der Waals surface area contributed by atoms with Gasteiger partial charge in [-0.05, 0) is 51.0 Å². The second kappa shape index (κ2) is 6.10. The topological polar surface area (TPSA) is 55.7 Å². The molecule has 0 spiro atoms. The molecule has 0 fully saturated rings. The number of carbonyl (C=O) groups excluding carboxylic acids is 1. The van der Waals surface area contributed by atoms with Crippen LogP contribution in [0.25, 0.3) is 0 Å². The first-order valence-corrected chi connectivity index (χ1v) is 7.01. The van der Waals surface area contributed by atoms with Gasteiger partial charge in [0.15, 0.2) is 0 Å². The van der Waals surface area contributed by atoms with E-state index >= 15 is 0 Å². The molecule has 1 aromatic rings. The van der Waals surface area contributed by atoms with E-state index in [1.54, 1.807) is 18.3 Å². The Hall–Kier alpha value is -1.49. The lowest BCUT2D eigenvalue weighted by Gasteiger charge is -2.12. The van der Waals surface area contributed by atoms with Crippen molar-refractivity contribution in [2.45, 2.75) is 32.4 Å². The van der Waals surface area contributed by atoms with Crippen molar-refractivity contribution < 1.29 is 13.7 Å². The van der Waals surface area contributed by atoms with Crippen molar-refractivity contribution in [3.8, 4) is 0 Å². The van der Waals surface area contributed by atoms with Crippen LogP contribution >= 0.6 is 0 Å². The molecule has 0 saturated carbocycles. The normalized spacial score (nSPS) is 13.5. The Labute approximate surface area is 116 Å². The Morgan fingerprint density at radius 2 is 2.00 bits per heavy atom. The lowest BCUT2D eigenvalue weighted by molar-refractivity contribution is 0.0600. The van der Waals surface area contributed by atoms with Crippen molar-refractivity contribution in [3.05, 3.63) is 34.9 Å². The fraction of sp³-hybridized carbons (Fsp3) is 0.429. The predicted molar refractivity (Wildman–Crippen MR) is 78.0 cm³/mol. The van der Waals surface area contributed by atoms with E-state index in [4.69, 9.17) is 0 Å². The van der Waals surface area contributed by atoms with Gasteiger partial charge in [0, 0.05) is 6.21 Å². The quantitative estimate of drug-likeness (QED) is 0.632. The highest BCUT2D eigenvalue weighted by Gasteiger charge is 2.18. The van der Waals surface area contributed by atoms with Crippen LogP contribution in [0.15, 0.2) is 22.6 Å². The average Bonchev–Trinajstić information content (AvgIpc) is 2.34. The molecular formula is C14H19NO3S. The van der Waals surface area contributed by atoms with Crippen molar-refractivity contribution in [1.82, 2.24) is 0 Å². The zero-order valence-corrected chi connectivity index (χ0v) is 12.7. The average molecular weight is 281 g/mol. The molecular weight excluding hydrogens is 262 g/mol. The molecule has 0 bridgehead atoms. The Morgan fingerprint density at radius 1 is 1.37 bits per heavy atom. The van der Waals surface area contributed by atoms with Crippen molar-refractivity contribution in [1.29, 1.82) is 0 Å². The largest absolute Gasteiger partial charge is 0.465 e. The van der Waals surface area contributed by atoms with E-state index in [-0.39, 0.29) is 10.7 Å². The highest BCUT2D eigenvalue weighted by atomic mass is 32.2. The molecule has 1 atom stereocenters. The smallest absolute Gasteiger partial charge is 0.338 e. The molecule has 0 radical (unpaired) electrons. The Balaban J connectivity index is 2.94. The summed E-state index contributed by atoms with van der Waals surface area (Å²) in [4.78, 5) is 11.4. The molecule has 0 heterocycles. The maximum Gasteiger partial charge on any atom is 0.338 e. The lowest BCUT2D eigenvalue weighted by Crippen LogP contribution is -2.19. The zero-order valence-electron chi connectivity index (χ0n) is 11.9. The van der Waals surface area contributed by atoms with E-state index in [2.05, 4.69) is 9.13 Å². The molecule has 1 aromatic carbocycles. The van der Waals surface area contributed by atoms with Crippen LogP contribution < -0.4 is 0 Å². The van der Waals surface area contributed by atoms with Gasteiger partial charge in [0.25, 0.3) is 0 Å². The first-order valence-electron chi connectivity index (χ1n) is 5.90. The number of aryl methyl sites for hydroxylation is 1. The fourth-order valence-corrected chi connectivity index (χ4v) is 1.91. The molecule has 4 nitrogen and oxygen atoms in total. The minimum absolute atomic E-state index is 0.362. The predicted octanol–water partition coefficient (Wildman–Crippen LogP) is 2.66. The van der Waals surface area contributed by atoms with Gasteiger partial charge in [-0.25, -0.2) is 9.00 Å². The number of ether oxygens (including phenoxy) is 1. The first-order chi connectivity index (χ1) is 8.75. The lowest BCUT2D eigenvalue weighted by atomic mass is 10.1. The third-order valence-electron chi connectivity index (χ3n) is 2.48. The summed E-state index contributed by atoms with van der Waals surface area (Å²) in [5, 5.41) is 0. The second-order valence-corrected chi connectivity index (χ2v) is 7.10. The van der Waals surface area contributed by atoms with Gasteiger partial charge in [-0.1, -0.05) is 6.07 Å². The van der Waals surface area contributed by atoms with Crippen LogP contribution in [0.2, 0.25) is 0 Å². The molecule has 0 aliphatic rings. The standard InChI is InChI=1S/C14H19NO3S/c1-10-8-11(6-7-12(10)13(16)18-5)9-15-19(17)14(2,3)4/h6-9H,1-5H3/b15-9+/t19-/m0/s1. The van der Waals surface area contributed by atoms with Crippen LogP contribution in [0.4, 0.5) is 0 Å². The first kappa shape index (κ1) is 15.6. The van der Waals surface area contributed by atoms with Crippen LogP contribution in [-0.2, 0) is 15.7 Å². The SMILES string of the molecule is COC(=O)c1ccc(/C=N/[S@@](=O)C(C)(C)C)cc1C. The zero-order chi connectivity index (χ0) is 14.6. The summed E-state index contributed by atoms with van der Waals surface area (Å²) in [6.45, 7) is 7.43. The van der Waals surface area contributed by atoms with Crippen LogP contribution in [0.3, 0.4) is 0 Å². The minimum atomic E-state index is -1.28. The van der Waals surface area contributed by atoms with E-state index in [0.29, 0.717) is 5.56 Å². The van der Waals surface area contributed by atoms with Gasteiger partial charge < -0.3 is 4.74 Å². The number of rotatable bonds is 3. The second-order valence-electron chi connectivity index (χ2n) is 5.16. The number of nitrogens with zero attached hydrogens (tertiary/aromatic N) is 1. The van der Waals surface area contributed by atoms with Crippen molar-refractivity contribution >= 4 is 23.2 Å². The van der Waals surface area contributed by atoms with Gasteiger partial charge in [-0.3, -0.25) is 0 Å². The number of esters is 1. The van der Waals surface area contributed by atoms with Gasteiger partial charge >= 0.3 is 5.97 Å². The highest BCUT2D eigenvalue weighted by Crippen LogP contribution is 2.14. The van der Waals surface area contributed by atoms with E-state index < -0.39 is 11.0 Å². The summed E-state index contributed by atoms with van der Waals surface area (Å²) in [6.07, 6.45) is 1.56. The maximum atomic E-state index is 11.8. The highest BCUT2D eigenvalue weighted by molar-refractivity contribution is 7.85. The van der Waals surface area contributed by atoms with Gasteiger partial charge in [0.05, 0.1) is 17.4 Å². The molecule has 0 unspecified atom stereocenters. The van der Waals surface area contributed by atoms with E-state index in [9.17, 15) is 9.00 Å². The number of benzene rings is 1. The summed E-state index contributed by atoms with van der Waals surface area (Å²) in [5.41, 5.74) is 2.14. The Bertz CT molecular complexity index is 530. The molecule has 0 aliphatic heterocycles. The van der Waals surface area contributed by atoms with E-state index in [0.717, 1.165) is 11.1 Å². The van der Waals surface area contributed by atoms with Crippen LogP contribution in [0.5, 0.6) is 0 Å². The molecule has 0 aromatic heterocycles. The Kier molecular flexibility index (Phi) is 5.00. The van der Waals surface area contributed by atoms with E-state index in [1.165, 1.54) is 7.11 Å². The minimum Gasteiger partial charge on any atom is -0.465 e. The summed E-state index contributed by atoms with van der Waals surface area (Å²) >= 11 is 0. The third kappa shape index (κ3) is 4.28. The Morgan fingerprint density at radius 3 is 2.47 bits per heavy atom. The summed E-state index contributed by atoms with van der Waals surface area (Å²) < 4.78 is 20.1.